The van der Waals surface area contributed by atoms with Crippen LogP contribution in [-0.4, -0.2) is 46.2 Å². The van der Waals surface area contributed by atoms with Crippen LogP contribution in [0.15, 0.2) is 54.6 Å². The van der Waals surface area contributed by atoms with Gasteiger partial charge < -0.3 is 14.4 Å². The van der Waals surface area contributed by atoms with Crippen molar-refractivity contribution in [2.24, 2.45) is 0 Å². The third-order valence-electron chi connectivity index (χ3n) is 4.88. The molecule has 2 aromatic carbocycles. The van der Waals surface area contributed by atoms with E-state index in [4.69, 9.17) is 9.47 Å². The third-order valence-corrected chi connectivity index (χ3v) is 6.09. The zero-order valence-electron chi connectivity index (χ0n) is 18.6. The quantitative estimate of drug-likeness (QED) is 0.542. The van der Waals surface area contributed by atoms with Crippen LogP contribution in [-0.2, 0) is 22.3 Å². The predicted octanol–water partition coefficient (Wildman–Crippen LogP) is 5.78. The smallest absolute Gasteiger partial charge is 0.416 e. The van der Waals surface area contributed by atoms with Crippen molar-refractivity contribution in [1.29, 1.82) is 0 Å². The highest BCUT2D eigenvalue weighted by atomic mass is 32.2. The minimum Gasteiger partial charge on any atom is -0.444 e. The molecule has 1 heterocycles. The zero-order chi connectivity index (χ0) is 24.2. The molecule has 1 aliphatic rings. The van der Waals surface area contributed by atoms with E-state index in [-0.39, 0.29) is 30.1 Å². The van der Waals surface area contributed by atoms with Gasteiger partial charge in [-0.15, -0.1) is 0 Å². The Balaban J connectivity index is 1.69. The van der Waals surface area contributed by atoms with E-state index in [0.29, 0.717) is 11.1 Å². The minimum absolute atomic E-state index is 0.0571. The monoisotopic (exact) mass is 481 g/mol. The van der Waals surface area contributed by atoms with E-state index in [2.05, 4.69) is 0 Å². The third kappa shape index (κ3) is 7.23. The summed E-state index contributed by atoms with van der Waals surface area (Å²) in [5.74, 6) is 0. The number of thioether (sulfide) groups is 1. The number of likely N-dealkylation sites (tertiary alicyclic amines) is 1. The maximum atomic E-state index is 12.8. The van der Waals surface area contributed by atoms with E-state index >= 15 is 0 Å². The molecule has 1 fully saturated rings. The average molecular weight is 482 g/mol. The first-order valence-corrected chi connectivity index (χ1v) is 11.3. The topological polar surface area (TPSA) is 55.8 Å². The largest absolute Gasteiger partial charge is 0.444 e. The summed E-state index contributed by atoms with van der Waals surface area (Å²) in [6.07, 6.45) is -5.39. The second-order valence-corrected chi connectivity index (χ2v) is 9.95. The van der Waals surface area contributed by atoms with Gasteiger partial charge in [0.2, 0.25) is 5.12 Å². The Hall–Kier alpha value is -2.52. The first-order chi connectivity index (χ1) is 15.4. The molecule has 0 aliphatic carbocycles. The van der Waals surface area contributed by atoms with Gasteiger partial charge in [-0.25, -0.2) is 4.79 Å². The molecule has 9 heteroatoms. The van der Waals surface area contributed by atoms with Gasteiger partial charge in [-0.1, -0.05) is 54.2 Å². The summed E-state index contributed by atoms with van der Waals surface area (Å²) < 4.78 is 49.8. The summed E-state index contributed by atoms with van der Waals surface area (Å²) in [6, 6.07) is 13.5. The minimum atomic E-state index is -4.40. The summed E-state index contributed by atoms with van der Waals surface area (Å²) >= 11 is 1.09. The van der Waals surface area contributed by atoms with Crippen LogP contribution < -0.4 is 0 Å². The standard InChI is InChI=1S/C24H26F3NO4S/c1-23(2,3)32-22(30)28-13-19(20(14-28)33-21(29)17-7-5-4-6-8-17)31-15-16-9-11-18(12-10-16)24(25,26)27/h4-12,19-20H,13-15H2,1-3H3/t19-,20-/m1/s1. The van der Waals surface area contributed by atoms with Crippen LogP contribution in [0.1, 0.15) is 42.3 Å². The van der Waals surface area contributed by atoms with Gasteiger partial charge in [-0.3, -0.25) is 4.79 Å². The van der Waals surface area contributed by atoms with Gasteiger partial charge in [0.05, 0.1) is 30.1 Å². The number of alkyl halides is 3. The molecular formula is C24H26F3NO4S. The molecule has 1 amide bonds. The number of nitrogens with zero attached hydrogens (tertiary/aromatic N) is 1. The molecule has 1 saturated heterocycles. The molecule has 0 unspecified atom stereocenters. The highest BCUT2D eigenvalue weighted by Crippen LogP contribution is 2.31. The summed E-state index contributed by atoms with van der Waals surface area (Å²) in [5, 5.41) is -0.491. The summed E-state index contributed by atoms with van der Waals surface area (Å²) in [5.41, 5.74) is -0.291. The molecule has 1 aliphatic heterocycles. The number of hydrogen-bond acceptors (Lipinski definition) is 5. The summed E-state index contributed by atoms with van der Waals surface area (Å²) in [6.45, 7) is 5.84. The maximum absolute atomic E-state index is 12.8. The van der Waals surface area contributed by atoms with Gasteiger partial charge in [0.1, 0.15) is 5.60 Å². The number of ether oxygens (including phenoxy) is 2. The van der Waals surface area contributed by atoms with Crippen LogP contribution in [0.3, 0.4) is 0 Å². The number of benzene rings is 2. The van der Waals surface area contributed by atoms with E-state index in [1.807, 2.05) is 6.07 Å². The van der Waals surface area contributed by atoms with Crippen molar-refractivity contribution in [3.8, 4) is 0 Å². The normalized spacial score (nSPS) is 18.9. The van der Waals surface area contributed by atoms with Crippen LogP contribution >= 0.6 is 11.8 Å². The van der Waals surface area contributed by atoms with E-state index in [1.54, 1.807) is 45.0 Å². The van der Waals surface area contributed by atoms with Crippen molar-refractivity contribution in [3.05, 3.63) is 71.3 Å². The predicted molar refractivity (Wildman–Crippen MR) is 120 cm³/mol. The molecule has 0 radical (unpaired) electrons. The Morgan fingerprint density at radius 1 is 1.00 bits per heavy atom. The van der Waals surface area contributed by atoms with E-state index < -0.39 is 29.5 Å². The first kappa shape index (κ1) is 25.1. The fraction of sp³-hybridized carbons (Fsp3) is 0.417. The Morgan fingerprint density at radius 3 is 2.21 bits per heavy atom. The molecule has 0 saturated carbocycles. The number of hydrogen-bond donors (Lipinski definition) is 0. The number of rotatable bonds is 5. The molecule has 5 nitrogen and oxygen atoms in total. The Bertz CT molecular complexity index is 958. The lowest BCUT2D eigenvalue weighted by Crippen LogP contribution is -2.36. The maximum Gasteiger partial charge on any atom is 0.416 e. The van der Waals surface area contributed by atoms with Crippen molar-refractivity contribution in [1.82, 2.24) is 4.90 Å². The molecular weight excluding hydrogens is 455 g/mol. The molecule has 178 valence electrons. The molecule has 0 bridgehead atoms. The second-order valence-electron chi connectivity index (χ2n) is 8.74. The lowest BCUT2D eigenvalue weighted by atomic mass is 10.1. The molecule has 0 aromatic heterocycles. The van der Waals surface area contributed by atoms with Crippen molar-refractivity contribution in [3.63, 3.8) is 0 Å². The lowest BCUT2D eigenvalue weighted by molar-refractivity contribution is -0.137. The van der Waals surface area contributed by atoms with Crippen LogP contribution in [0.2, 0.25) is 0 Å². The van der Waals surface area contributed by atoms with Crippen LogP contribution in [0.25, 0.3) is 0 Å². The van der Waals surface area contributed by atoms with E-state index in [9.17, 15) is 22.8 Å². The van der Waals surface area contributed by atoms with Gasteiger partial charge in [-0.2, -0.15) is 13.2 Å². The van der Waals surface area contributed by atoms with Gasteiger partial charge in [0.25, 0.3) is 0 Å². The molecule has 0 spiro atoms. The fourth-order valence-corrected chi connectivity index (χ4v) is 4.38. The van der Waals surface area contributed by atoms with Crippen molar-refractivity contribution in [2.45, 2.75) is 50.5 Å². The highest BCUT2D eigenvalue weighted by Gasteiger charge is 2.39. The SMILES string of the molecule is CC(C)(C)OC(=O)N1C[C@@H](OCc2ccc(C(F)(F)F)cc2)[C@H](SC(=O)c2ccccc2)C1. The first-order valence-electron chi connectivity index (χ1n) is 10.4. The van der Waals surface area contributed by atoms with Gasteiger partial charge in [0, 0.05) is 12.1 Å². The Morgan fingerprint density at radius 2 is 1.64 bits per heavy atom. The highest BCUT2D eigenvalue weighted by molar-refractivity contribution is 8.14. The van der Waals surface area contributed by atoms with Crippen molar-refractivity contribution < 1.29 is 32.2 Å². The number of carbonyl (C=O) groups excluding carboxylic acids is 2. The molecule has 0 N–H and O–H groups in total. The van der Waals surface area contributed by atoms with E-state index in [0.717, 1.165) is 23.9 Å². The van der Waals surface area contributed by atoms with E-state index in [1.165, 1.54) is 17.0 Å². The zero-order valence-corrected chi connectivity index (χ0v) is 19.4. The summed E-state index contributed by atoms with van der Waals surface area (Å²) in [4.78, 5) is 26.8. The van der Waals surface area contributed by atoms with Gasteiger partial charge in [-0.05, 0) is 38.5 Å². The summed E-state index contributed by atoms with van der Waals surface area (Å²) in [7, 11) is 0. The van der Waals surface area contributed by atoms with Crippen molar-refractivity contribution in [2.75, 3.05) is 13.1 Å². The Labute approximate surface area is 195 Å². The second kappa shape index (κ2) is 10.2. The Kier molecular flexibility index (Phi) is 7.74. The van der Waals surface area contributed by atoms with Crippen LogP contribution in [0.5, 0.6) is 0 Å². The number of halogens is 3. The number of carbonyl (C=O) groups is 2. The van der Waals surface area contributed by atoms with Crippen LogP contribution in [0.4, 0.5) is 18.0 Å². The van der Waals surface area contributed by atoms with Gasteiger partial charge >= 0.3 is 12.3 Å². The number of amides is 1. The average Bonchev–Trinajstić information content (AvgIpc) is 3.14. The lowest BCUT2D eigenvalue weighted by Gasteiger charge is -2.24. The molecule has 2 aromatic rings. The fourth-order valence-electron chi connectivity index (χ4n) is 3.27. The molecule has 3 rings (SSSR count). The van der Waals surface area contributed by atoms with Crippen LogP contribution in [0, 0.1) is 0 Å². The van der Waals surface area contributed by atoms with Gasteiger partial charge in [0.15, 0.2) is 0 Å². The molecule has 2 atom stereocenters. The molecule has 33 heavy (non-hydrogen) atoms. The van der Waals surface area contributed by atoms with Crippen molar-refractivity contribution >= 4 is 23.0 Å².